The maximum Gasteiger partial charge on any atom is 0.254 e. The summed E-state index contributed by atoms with van der Waals surface area (Å²) < 4.78 is 19.2. The number of aromatic amines is 1. The van der Waals surface area contributed by atoms with Crippen molar-refractivity contribution in [1.29, 1.82) is 0 Å². The van der Waals surface area contributed by atoms with Gasteiger partial charge in [-0.2, -0.15) is 5.10 Å². The van der Waals surface area contributed by atoms with Crippen LogP contribution in [0.25, 0.3) is 11.1 Å². The van der Waals surface area contributed by atoms with Gasteiger partial charge >= 0.3 is 0 Å². The Labute approximate surface area is 175 Å². The Hall–Kier alpha value is -3.15. The highest BCUT2D eigenvalue weighted by Gasteiger charge is 2.30. The first kappa shape index (κ1) is 20.1. The SMILES string of the molecule is Cc1cc(OCCCN(C(=O)c2ccccc2-c2cn[nH]c2)C2CCC2)ccc1F. The van der Waals surface area contributed by atoms with E-state index < -0.39 is 0 Å². The van der Waals surface area contributed by atoms with Crippen molar-refractivity contribution < 1.29 is 13.9 Å². The highest BCUT2D eigenvalue weighted by Crippen LogP contribution is 2.29. The number of aryl methyl sites for hydroxylation is 1. The van der Waals surface area contributed by atoms with E-state index in [0.29, 0.717) is 36.4 Å². The molecule has 1 aliphatic carbocycles. The fraction of sp³-hybridized carbons (Fsp3) is 0.333. The van der Waals surface area contributed by atoms with Gasteiger partial charge in [0.25, 0.3) is 5.91 Å². The van der Waals surface area contributed by atoms with Gasteiger partial charge in [0, 0.05) is 29.9 Å². The lowest BCUT2D eigenvalue weighted by atomic mass is 9.90. The quantitative estimate of drug-likeness (QED) is 0.535. The van der Waals surface area contributed by atoms with Gasteiger partial charge in [0.15, 0.2) is 0 Å². The molecule has 0 saturated heterocycles. The highest BCUT2D eigenvalue weighted by molar-refractivity contribution is 6.01. The Kier molecular flexibility index (Phi) is 6.12. The van der Waals surface area contributed by atoms with Crippen LogP contribution in [0.1, 0.15) is 41.6 Å². The third kappa shape index (κ3) is 4.37. The molecule has 5 nitrogen and oxygen atoms in total. The number of hydrogen-bond acceptors (Lipinski definition) is 3. The van der Waals surface area contributed by atoms with Crippen molar-refractivity contribution in [1.82, 2.24) is 15.1 Å². The normalized spacial score (nSPS) is 13.7. The lowest BCUT2D eigenvalue weighted by molar-refractivity contribution is 0.0566. The number of hydrogen-bond donors (Lipinski definition) is 1. The number of carbonyl (C=O) groups excluding carboxylic acids is 1. The summed E-state index contributed by atoms with van der Waals surface area (Å²) in [5, 5.41) is 6.84. The number of rotatable bonds is 8. The molecule has 2 aromatic carbocycles. The molecule has 1 aliphatic rings. The van der Waals surface area contributed by atoms with Gasteiger partial charge in [-0.05, 0) is 68.0 Å². The lowest BCUT2D eigenvalue weighted by Crippen LogP contribution is -2.45. The second-order valence-corrected chi connectivity index (χ2v) is 7.73. The van der Waals surface area contributed by atoms with Crippen LogP contribution in [0.5, 0.6) is 5.75 Å². The second-order valence-electron chi connectivity index (χ2n) is 7.73. The van der Waals surface area contributed by atoms with Gasteiger partial charge in [0.1, 0.15) is 11.6 Å². The van der Waals surface area contributed by atoms with Crippen molar-refractivity contribution in [2.24, 2.45) is 0 Å². The third-order valence-electron chi connectivity index (χ3n) is 5.68. The molecule has 1 saturated carbocycles. The van der Waals surface area contributed by atoms with Gasteiger partial charge in [-0.3, -0.25) is 9.89 Å². The standard InChI is InChI=1S/C24H26FN3O2/c1-17-14-20(10-11-23(17)25)30-13-5-12-28(19-6-4-7-19)24(29)22-9-3-2-8-21(22)18-15-26-27-16-18/h2-3,8-11,14-16,19H,4-7,12-13H2,1H3,(H,26,27). The van der Waals surface area contributed by atoms with Crippen LogP contribution in [0.15, 0.2) is 54.9 Å². The maximum absolute atomic E-state index is 13.5. The molecule has 1 N–H and O–H groups in total. The summed E-state index contributed by atoms with van der Waals surface area (Å²) in [5.74, 6) is 0.468. The van der Waals surface area contributed by atoms with E-state index in [2.05, 4.69) is 10.2 Å². The summed E-state index contributed by atoms with van der Waals surface area (Å²) in [6, 6.07) is 12.7. The topological polar surface area (TPSA) is 58.2 Å². The summed E-state index contributed by atoms with van der Waals surface area (Å²) in [7, 11) is 0. The summed E-state index contributed by atoms with van der Waals surface area (Å²) >= 11 is 0. The summed E-state index contributed by atoms with van der Waals surface area (Å²) in [4.78, 5) is 15.4. The molecule has 30 heavy (non-hydrogen) atoms. The van der Waals surface area contributed by atoms with Crippen LogP contribution in [0.3, 0.4) is 0 Å². The Morgan fingerprint density at radius 1 is 1.27 bits per heavy atom. The zero-order chi connectivity index (χ0) is 20.9. The Morgan fingerprint density at radius 2 is 2.10 bits per heavy atom. The highest BCUT2D eigenvalue weighted by atomic mass is 19.1. The minimum atomic E-state index is -0.236. The van der Waals surface area contributed by atoms with Gasteiger partial charge in [-0.15, -0.1) is 0 Å². The van der Waals surface area contributed by atoms with Crippen molar-refractivity contribution in [3.05, 3.63) is 71.8 Å². The number of amides is 1. The zero-order valence-electron chi connectivity index (χ0n) is 17.1. The molecule has 6 heteroatoms. The third-order valence-corrected chi connectivity index (χ3v) is 5.68. The Bertz CT molecular complexity index is 999. The predicted octanol–water partition coefficient (Wildman–Crippen LogP) is 4.99. The molecule has 1 amide bonds. The van der Waals surface area contributed by atoms with E-state index in [1.165, 1.54) is 6.07 Å². The van der Waals surface area contributed by atoms with Crippen LogP contribution in [-0.4, -0.2) is 40.2 Å². The van der Waals surface area contributed by atoms with E-state index in [4.69, 9.17) is 4.74 Å². The fourth-order valence-electron chi connectivity index (χ4n) is 3.75. The minimum Gasteiger partial charge on any atom is -0.494 e. The number of aromatic nitrogens is 2. The van der Waals surface area contributed by atoms with Crippen molar-refractivity contribution >= 4 is 5.91 Å². The van der Waals surface area contributed by atoms with E-state index in [-0.39, 0.29) is 17.8 Å². The fourth-order valence-corrected chi connectivity index (χ4v) is 3.75. The zero-order valence-corrected chi connectivity index (χ0v) is 17.1. The smallest absolute Gasteiger partial charge is 0.254 e. The summed E-state index contributed by atoms with van der Waals surface area (Å²) in [6.07, 6.45) is 7.49. The van der Waals surface area contributed by atoms with E-state index in [9.17, 15) is 9.18 Å². The summed E-state index contributed by atoms with van der Waals surface area (Å²) in [6.45, 7) is 2.82. The van der Waals surface area contributed by atoms with E-state index in [0.717, 1.165) is 30.4 Å². The van der Waals surface area contributed by atoms with Crippen molar-refractivity contribution in [3.8, 4) is 16.9 Å². The summed E-state index contributed by atoms with van der Waals surface area (Å²) in [5.41, 5.74) is 3.05. The monoisotopic (exact) mass is 407 g/mol. The van der Waals surface area contributed by atoms with Crippen LogP contribution in [0, 0.1) is 12.7 Å². The molecule has 0 aliphatic heterocycles. The molecule has 0 radical (unpaired) electrons. The van der Waals surface area contributed by atoms with Gasteiger partial charge < -0.3 is 9.64 Å². The molecule has 0 atom stereocenters. The average Bonchev–Trinajstić information content (AvgIpc) is 3.25. The average molecular weight is 407 g/mol. The predicted molar refractivity (Wildman–Crippen MR) is 114 cm³/mol. The largest absolute Gasteiger partial charge is 0.494 e. The molecule has 1 heterocycles. The van der Waals surface area contributed by atoms with Crippen molar-refractivity contribution in [2.75, 3.05) is 13.2 Å². The van der Waals surface area contributed by atoms with E-state index in [1.807, 2.05) is 29.2 Å². The second kappa shape index (κ2) is 9.11. The molecule has 3 aromatic rings. The minimum absolute atomic E-state index is 0.0501. The molecular weight excluding hydrogens is 381 g/mol. The van der Waals surface area contributed by atoms with Crippen LogP contribution in [-0.2, 0) is 0 Å². The number of halogens is 1. The number of H-pyrrole nitrogens is 1. The number of nitrogens with zero attached hydrogens (tertiary/aromatic N) is 2. The van der Waals surface area contributed by atoms with Gasteiger partial charge in [0.05, 0.1) is 12.8 Å². The first-order chi connectivity index (χ1) is 14.6. The van der Waals surface area contributed by atoms with Gasteiger partial charge in [-0.25, -0.2) is 4.39 Å². The lowest BCUT2D eigenvalue weighted by Gasteiger charge is -2.38. The number of benzene rings is 2. The number of nitrogens with one attached hydrogen (secondary N) is 1. The molecule has 1 aromatic heterocycles. The molecular formula is C24H26FN3O2. The van der Waals surface area contributed by atoms with Crippen LogP contribution >= 0.6 is 0 Å². The molecule has 156 valence electrons. The van der Waals surface area contributed by atoms with Crippen molar-refractivity contribution in [3.63, 3.8) is 0 Å². The van der Waals surface area contributed by atoms with Crippen LogP contribution < -0.4 is 4.74 Å². The molecule has 4 rings (SSSR count). The van der Waals surface area contributed by atoms with Crippen LogP contribution in [0.2, 0.25) is 0 Å². The first-order valence-corrected chi connectivity index (χ1v) is 10.4. The molecule has 0 unspecified atom stereocenters. The number of ether oxygens (including phenoxy) is 1. The molecule has 1 fully saturated rings. The Morgan fingerprint density at radius 3 is 2.80 bits per heavy atom. The molecule has 0 bridgehead atoms. The van der Waals surface area contributed by atoms with Crippen LogP contribution in [0.4, 0.5) is 4.39 Å². The van der Waals surface area contributed by atoms with Gasteiger partial charge in [0.2, 0.25) is 0 Å². The van der Waals surface area contributed by atoms with E-state index in [1.54, 1.807) is 31.5 Å². The van der Waals surface area contributed by atoms with E-state index >= 15 is 0 Å². The Balaban J connectivity index is 1.43. The van der Waals surface area contributed by atoms with Crippen molar-refractivity contribution in [2.45, 2.75) is 38.6 Å². The first-order valence-electron chi connectivity index (χ1n) is 10.4. The maximum atomic E-state index is 13.5. The molecule has 0 spiro atoms. The van der Waals surface area contributed by atoms with Gasteiger partial charge in [-0.1, -0.05) is 18.2 Å². The number of carbonyl (C=O) groups is 1.